The topological polar surface area (TPSA) is 58.4 Å². The van der Waals surface area contributed by atoms with Gasteiger partial charge in [-0.05, 0) is 18.7 Å². The van der Waals surface area contributed by atoms with Crippen molar-refractivity contribution in [3.05, 3.63) is 46.1 Å². The first-order valence-corrected chi connectivity index (χ1v) is 8.24. The highest BCUT2D eigenvalue weighted by atomic mass is 79.9. The predicted octanol–water partition coefficient (Wildman–Crippen LogP) is 3.81. The van der Waals surface area contributed by atoms with E-state index in [-0.39, 0.29) is 17.9 Å². The van der Waals surface area contributed by atoms with E-state index < -0.39 is 0 Å². The van der Waals surface area contributed by atoms with Crippen molar-refractivity contribution in [1.82, 2.24) is 10.1 Å². The number of carbonyl (C=O) groups is 1. The van der Waals surface area contributed by atoms with Crippen molar-refractivity contribution in [2.24, 2.45) is 0 Å². The molecule has 1 amide bonds. The van der Waals surface area contributed by atoms with Crippen LogP contribution in [0, 0.1) is 0 Å². The van der Waals surface area contributed by atoms with Gasteiger partial charge in [0, 0.05) is 22.5 Å². The minimum Gasteiger partial charge on any atom is -0.338 e. The third kappa shape index (κ3) is 5.18. The number of rotatable bonds is 5. The maximum atomic E-state index is 12.1. The Morgan fingerprint density at radius 3 is 2.65 bits per heavy atom. The maximum absolute atomic E-state index is 12.1. The molecule has 0 saturated heterocycles. The molecule has 2 rings (SSSR count). The van der Waals surface area contributed by atoms with Gasteiger partial charge in [0.1, 0.15) is 0 Å². The van der Waals surface area contributed by atoms with Crippen LogP contribution in [-0.2, 0) is 16.8 Å². The van der Waals surface area contributed by atoms with Gasteiger partial charge in [0.15, 0.2) is 0 Å². The number of amides is 1. The Morgan fingerprint density at radius 1 is 1.35 bits per heavy atom. The molecular formula is C17H22BrN3O2. The van der Waals surface area contributed by atoms with Crippen molar-refractivity contribution in [3.63, 3.8) is 0 Å². The largest absolute Gasteiger partial charge is 0.338 e. The molecule has 5 nitrogen and oxygen atoms in total. The number of benzene rings is 1. The fourth-order valence-electron chi connectivity index (χ4n) is 2.08. The van der Waals surface area contributed by atoms with E-state index in [1.54, 1.807) is 6.07 Å². The summed E-state index contributed by atoms with van der Waals surface area (Å²) in [6.07, 6.45) is 0. The quantitative estimate of drug-likeness (QED) is 0.857. The molecule has 0 aliphatic carbocycles. The van der Waals surface area contributed by atoms with Gasteiger partial charge >= 0.3 is 0 Å². The molecule has 1 N–H and O–H groups in total. The average molecular weight is 380 g/mol. The number of likely N-dealkylation sites (N-methyl/N-ethyl adjacent to an activating group) is 1. The molecule has 0 atom stereocenters. The Kier molecular flexibility index (Phi) is 5.59. The number of hydrogen-bond donors (Lipinski definition) is 1. The van der Waals surface area contributed by atoms with Crippen molar-refractivity contribution >= 4 is 27.7 Å². The number of aromatic nitrogens is 1. The molecule has 0 spiro atoms. The highest BCUT2D eigenvalue weighted by molar-refractivity contribution is 9.10. The summed E-state index contributed by atoms with van der Waals surface area (Å²) in [5.74, 6) is 0.255. The smallest absolute Gasteiger partial charge is 0.240 e. The zero-order chi connectivity index (χ0) is 17.0. The lowest BCUT2D eigenvalue weighted by Gasteiger charge is -2.16. The molecule has 6 heteroatoms. The number of nitrogens with zero attached hydrogens (tertiary/aromatic N) is 2. The summed E-state index contributed by atoms with van der Waals surface area (Å²) in [6, 6.07) is 9.75. The first-order chi connectivity index (χ1) is 10.8. The fraction of sp³-hybridized carbons (Fsp3) is 0.412. The molecule has 124 valence electrons. The van der Waals surface area contributed by atoms with Crippen LogP contribution in [0.4, 0.5) is 5.88 Å². The average Bonchev–Trinajstić information content (AvgIpc) is 2.89. The van der Waals surface area contributed by atoms with Crippen molar-refractivity contribution in [2.75, 3.05) is 18.9 Å². The number of anilines is 1. The monoisotopic (exact) mass is 379 g/mol. The van der Waals surface area contributed by atoms with Gasteiger partial charge in [-0.15, -0.1) is 0 Å². The number of carbonyl (C=O) groups excluding carboxylic acids is 1. The lowest BCUT2D eigenvalue weighted by Crippen LogP contribution is -2.29. The summed E-state index contributed by atoms with van der Waals surface area (Å²) >= 11 is 3.52. The summed E-state index contributed by atoms with van der Waals surface area (Å²) in [5.41, 5.74) is 1.84. The molecule has 23 heavy (non-hydrogen) atoms. The molecule has 0 aliphatic rings. The molecule has 0 unspecified atom stereocenters. The normalized spacial score (nSPS) is 11.7. The van der Waals surface area contributed by atoms with E-state index in [4.69, 9.17) is 4.52 Å². The minimum absolute atomic E-state index is 0.108. The SMILES string of the molecule is CN(CC(=O)Nc1cc(C(C)(C)C)no1)Cc1ccccc1Br. The molecule has 0 aliphatic heterocycles. The van der Waals surface area contributed by atoms with Crippen LogP contribution in [0.15, 0.2) is 39.3 Å². The first kappa shape index (κ1) is 17.7. The standard InChI is InChI=1S/C17H22BrN3O2/c1-17(2,3)14-9-16(23-20-14)19-15(22)11-21(4)10-12-7-5-6-8-13(12)18/h5-9H,10-11H2,1-4H3,(H,19,22). The van der Waals surface area contributed by atoms with Gasteiger partial charge < -0.3 is 4.52 Å². The second-order valence-electron chi connectivity index (χ2n) is 6.64. The predicted molar refractivity (Wildman–Crippen MR) is 94.3 cm³/mol. The summed E-state index contributed by atoms with van der Waals surface area (Å²) in [4.78, 5) is 14.0. The van der Waals surface area contributed by atoms with Crippen LogP contribution in [0.2, 0.25) is 0 Å². The molecule has 1 heterocycles. The second kappa shape index (κ2) is 7.27. The highest BCUT2D eigenvalue weighted by Gasteiger charge is 2.20. The Bertz CT molecular complexity index is 676. The van der Waals surface area contributed by atoms with E-state index in [1.165, 1.54) is 0 Å². The number of hydrogen-bond acceptors (Lipinski definition) is 4. The van der Waals surface area contributed by atoms with E-state index in [0.29, 0.717) is 12.4 Å². The van der Waals surface area contributed by atoms with Crippen LogP contribution in [-0.4, -0.2) is 29.6 Å². The molecule has 2 aromatic rings. The molecule has 0 bridgehead atoms. The van der Waals surface area contributed by atoms with Crippen LogP contribution in [0.3, 0.4) is 0 Å². The molecular weight excluding hydrogens is 358 g/mol. The van der Waals surface area contributed by atoms with Gasteiger partial charge in [-0.3, -0.25) is 15.0 Å². The van der Waals surface area contributed by atoms with E-state index in [2.05, 4.69) is 26.4 Å². The molecule has 1 aromatic carbocycles. The van der Waals surface area contributed by atoms with Crippen molar-refractivity contribution in [1.29, 1.82) is 0 Å². The lowest BCUT2D eigenvalue weighted by atomic mass is 9.92. The van der Waals surface area contributed by atoms with Crippen LogP contribution in [0.5, 0.6) is 0 Å². The molecule has 0 fully saturated rings. The molecule has 1 aromatic heterocycles. The van der Waals surface area contributed by atoms with Crippen molar-refractivity contribution in [3.8, 4) is 0 Å². The molecule has 0 saturated carbocycles. The lowest BCUT2D eigenvalue weighted by molar-refractivity contribution is -0.117. The summed E-state index contributed by atoms with van der Waals surface area (Å²) in [6.45, 7) is 7.08. The maximum Gasteiger partial charge on any atom is 0.240 e. The second-order valence-corrected chi connectivity index (χ2v) is 7.49. The van der Waals surface area contributed by atoms with Gasteiger partial charge in [0.2, 0.25) is 11.8 Å². The third-order valence-electron chi connectivity index (χ3n) is 3.35. The van der Waals surface area contributed by atoms with Crippen LogP contribution < -0.4 is 5.32 Å². The van der Waals surface area contributed by atoms with E-state index in [0.717, 1.165) is 15.7 Å². The Balaban J connectivity index is 1.89. The third-order valence-corrected chi connectivity index (χ3v) is 4.13. The minimum atomic E-state index is -0.129. The van der Waals surface area contributed by atoms with Gasteiger partial charge in [0.05, 0.1) is 12.2 Å². The first-order valence-electron chi connectivity index (χ1n) is 7.44. The summed E-state index contributed by atoms with van der Waals surface area (Å²) in [5, 5.41) is 6.73. The van der Waals surface area contributed by atoms with Gasteiger partial charge in [-0.25, -0.2) is 0 Å². The van der Waals surface area contributed by atoms with Crippen LogP contribution in [0.1, 0.15) is 32.0 Å². The van der Waals surface area contributed by atoms with Crippen LogP contribution >= 0.6 is 15.9 Å². The van der Waals surface area contributed by atoms with E-state index in [1.807, 2.05) is 57.0 Å². The van der Waals surface area contributed by atoms with Gasteiger partial charge in [0.25, 0.3) is 0 Å². The van der Waals surface area contributed by atoms with Gasteiger partial charge in [-0.1, -0.05) is 60.1 Å². The van der Waals surface area contributed by atoms with E-state index >= 15 is 0 Å². The Hall–Kier alpha value is -1.66. The number of nitrogens with one attached hydrogen (secondary N) is 1. The van der Waals surface area contributed by atoms with Crippen molar-refractivity contribution < 1.29 is 9.32 Å². The van der Waals surface area contributed by atoms with Crippen molar-refractivity contribution in [2.45, 2.75) is 32.7 Å². The highest BCUT2D eigenvalue weighted by Crippen LogP contribution is 2.23. The van der Waals surface area contributed by atoms with E-state index in [9.17, 15) is 4.79 Å². The Labute approximate surface area is 145 Å². The summed E-state index contributed by atoms with van der Waals surface area (Å²) in [7, 11) is 1.90. The van der Waals surface area contributed by atoms with Gasteiger partial charge in [-0.2, -0.15) is 0 Å². The zero-order valence-corrected chi connectivity index (χ0v) is 15.5. The van der Waals surface area contributed by atoms with Crippen LogP contribution in [0.25, 0.3) is 0 Å². The number of halogens is 1. The molecule has 0 radical (unpaired) electrons. The summed E-state index contributed by atoms with van der Waals surface area (Å²) < 4.78 is 6.21. The zero-order valence-electron chi connectivity index (χ0n) is 13.9. The Morgan fingerprint density at radius 2 is 2.04 bits per heavy atom. The fourth-order valence-corrected chi connectivity index (χ4v) is 2.49.